The molecule has 3 rings (SSSR count). The molecule has 0 atom stereocenters. The minimum absolute atomic E-state index is 0.770. The lowest BCUT2D eigenvalue weighted by atomic mass is 10.1. The van der Waals surface area contributed by atoms with Crippen molar-refractivity contribution in [2.45, 2.75) is 6.42 Å². The fourth-order valence-electron chi connectivity index (χ4n) is 2.23. The van der Waals surface area contributed by atoms with Gasteiger partial charge in [0.25, 0.3) is 0 Å². The van der Waals surface area contributed by atoms with Gasteiger partial charge in [0.2, 0.25) is 0 Å². The highest BCUT2D eigenvalue weighted by molar-refractivity contribution is 7.22. The summed E-state index contributed by atoms with van der Waals surface area (Å²) >= 11 is 1.62. The monoisotopic (exact) mass is 299 g/mol. The summed E-state index contributed by atoms with van der Waals surface area (Å²) in [6.07, 6.45) is 0.891. The Morgan fingerprint density at radius 3 is 2.95 bits per heavy atom. The van der Waals surface area contributed by atoms with E-state index < -0.39 is 0 Å². The molecule has 1 aromatic heterocycles. The van der Waals surface area contributed by atoms with Gasteiger partial charge >= 0.3 is 0 Å². The van der Waals surface area contributed by atoms with Crippen LogP contribution in [0.4, 0.5) is 10.8 Å². The van der Waals surface area contributed by atoms with Crippen LogP contribution in [0, 0.1) is 0 Å². The Kier molecular flexibility index (Phi) is 3.92. The van der Waals surface area contributed by atoms with Gasteiger partial charge in [-0.25, -0.2) is 4.98 Å². The van der Waals surface area contributed by atoms with E-state index in [2.05, 4.69) is 16.4 Å². The summed E-state index contributed by atoms with van der Waals surface area (Å²) < 4.78 is 6.46. The lowest BCUT2D eigenvalue weighted by Gasteiger charge is -2.08. The summed E-state index contributed by atoms with van der Waals surface area (Å²) in [6.45, 7) is 0.815. The number of thiazole rings is 1. The average molecular weight is 299 g/mol. The van der Waals surface area contributed by atoms with Gasteiger partial charge in [0.1, 0.15) is 5.75 Å². The van der Waals surface area contributed by atoms with Gasteiger partial charge in [0.05, 0.1) is 17.3 Å². The van der Waals surface area contributed by atoms with E-state index in [1.807, 2.05) is 36.4 Å². The molecule has 108 valence electrons. The molecule has 5 heteroatoms. The van der Waals surface area contributed by atoms with Crippen LogP contribution in [0.1, 0.15) is 5.56 Å². The maximum atomic E-state index is 5.79. The summed E-state index contributed by atoms with van der Waals surface area (Å²) in [7, 11) is 1.70. The van der Waals surface area contributed by atoms with Crippen LogP contribution >= 0.6 is 11.3 Å². The number of nitrogens with two attached hydrogens (primary N) is 1. The molecular weight excluding hydrogens is 282 g/mol. The fourth-order valence-corrected chi connectivity index (χ4v) is 3.17. The average Bonchev–Trinajstić information content (AvgIpc) is 2.89. The Morgan fingerprint density at radius 1 is 1.24 bits per heavy atom. The predicted molar refractivity (Wildman–Crippen MR) is 89.2 cm³/mol. The molecule has 3 N–H and O–H groups in total. The Morgan fingerprint density at radius 2 is 2.10 bits per heavy atom. The molecule has 0 radical (unpaired) electrons. The highest BCUT2D eigenvalue weighted by Crippen LogP contribution is 2.27. The largest absolute Gasteiger partial charge is 0.496 e. The van der Waals surface area contributed by atoms with Crippen molar-refractivity contribution in [2.24, 2.45) is 0 Å². The first-order valence-corrected chi connectivity index (χ1v) is 7.60. The zero-order valence-corrected chi connectivity index (χ0v) is 12.6. The van der Waals surface area contributed by atoms with Crippen LogP contribution in [-0.4, -0.2) is 18.6 Å². The van der Waals surface area contributed by atoms with Crippen molar-refractivity contribution in [3.05, 3.63) is 48.0 Å². The molecule has 0 amide bonds. The third-order valence-corrected chi connectivity index (χ3v) is 4.25. The van der Waals surface area contributed by atoms with E-state index in [0.29, 0.717) is 0 Å². The Labute approximate surface area is 127 Å². The van der Waals surface area contributed by atoms with Gasteiger partial charge in [-0.15, -0.1) is 0 Å². The van der Waals surface area contributed by atoms with Crippen molar-refractivity contribution in [1.82, 2.24) is 4.98 Å². The number of methoxy groups -OCH3 is 1. The second-order valence-corrected chi connectivity index (χ2v) is 5.77. The third-order valence-electron chi connectivity index (χ3n) is 3.28. The number of nitrogens with zero attached hydrogens (tertiary/aromatic N) is 1. The number of benzene rings is 2. The van der Waals surface area contributed by atoms with Crippen LogP contribution in [0.5, 0.6) is 5.75 Å². The van der Waals surface area contributed by atoms with E-state index in [9.17, 15) is 0 Å². The van der Waals surface area contributed by atoms with Crippen LogP contribution in [0.2, 0.25) is 0 Å². The third kappa shape index (κ3) is 3.08. The number of anilines is 2. The minimum Gasteiger partial charge on any atom is -0.496 e. The number of hydrogen-bond donors (Lipinski definition) is 2. The predicted octanol–water partition coefficient (Wildman–Crippen LogP) is 3.54. The van der Waals surface area contributed by atoms with Crippen LogP contribution in [0.25, 0.3) is 10.2 Å². The second-order valence-electron chi connectivity index (χ2n) is 4.73. The molecule has 0 aliphatic rings. The van der Waals surface area contributed by atoms with Crippen molar-refractivity contribution in [3.63, 3.8) is 0 Å². The van der Waals surface area contributed by atoms with Gasteiger partial charge in [-0.2, -0.15) is 0 Å². The lowest BCUT2D eigenvalue weighted by molar-refractivity contribution is 0.410. The normalized spacial score (nSPS) is 10.7. The molecule has 21 heavy (non-hydrogen) atoms. The van der Waals surface area contributed by atoms with E-state index in [1.165, 1.54) is 5.56 Å². The van der Waals surface area contributed by atoms with Gasteiger partial charge < -0.3 is 15.8 Å². The van der Waals surface area contributed by atoms with E-state index in [-0.39, 0.29) is 0 Å². The molecule has 0 aliphatic heterocycles. The summed E-state index contributed by atoms with van der Waals surface area (Å²) in [6, 6.07) is 13.9. The second kappa shape index (κ2) is 6.01. The van der Waals surface area contributed by atoms with Crippen molar-refractivity contribution in [1.29, 1.82) is 0 Å². The zero-order chi connectivity index (χ0) is 14.7. The number of nitrogen functional groups attached to an aromatic ring is 1. The van der Waals surface area contributed by atoms with Crippen molar-refractivity contribution in [3.8, 4) is 5.75 Å². The number of rotatable bonds is 5. The molecule has 2 aromatic carbocycles. The SMILES string of the molecule is COc1ccccc1CCNc1nc2ccc(N)cc2s1. The molecule has 0 aliphatic carbocycles. The first-order valence-electron chi connectivity index (χ1n) is 6.78. The highest BCUT2D eigenvalue weighted by Gasteiger charge is 2.05. The van der Waals surface area contributed by atoms with Crippen LogP contribution < -0.4 is 15.8 Å². The minimum atomic E-state index is 0.770. The van der Waals surface area contributed by atoms with Crippen molar-refractivity contribution < 1.29 is 4.74 Å². The van der Waals surface area contributed by atoms with Gasteiger partial charge in [-0.1, -0.05) is 29.5 Å². The summed E-state index contributed by atoms with van der Waals surface area (Å²) in [5.74, 6) is 0.927. The topological polar surface area (TPSA) is 60.2 Å². The fraction of sp³-hybridized carbons (Fsp3) is 0.188. The van der Waals surface area contributed by atoms with Gasteiger partial charge in [-0.05, 0) is 36.2 Å². The van der Waals surface area contributed by atoms with Crippen LogP contribution in [0.15, 0.2) is 42.5 Å². The van der Waals surface area contributed by atoms with E-state index in [0.717, 1.165) is 39.8 Å². The van der Waals surface area contributed by atoms with Crippen molar-refractivity contribution >= 4 is 32.4 Å². The molecule has 0 fully saturated rings. The zero-order valence-electron chi connectivity index (χ0n) is 11.8. The summed E-state index contributed by atoms with van der Waals surface area (Å²) in [4.78, 5) is 4.55. The summed E-state index contributed by atoms with van der Waals surface area (Å²) in [5.41, 5.74) is 8.73. The first-order chi connectivity index (χ1) is 10.3. The van der Waals surface area contributed by atoms with Gasteiger partial charge in [0.15, 0.2) is 5.13 Å². The highest BCUT2D eigenvalue weighted by atomic mass is 32.1. The molecule has 0 bridgehead atoms. The maximum absolute atomic E-state index is 5.79. The summed E-state index contributed by atoms with van der Waals surface area (Å²) in [5, 5.41) is 4.29. The molecule has 0 spiro atoms. The maximum Gasteiger partial charge on any atom is 0.183 e. The van der Waals surface area contributed by atoms with E-state index >= 15 is 0 Å². The van der Waals surface area contributed by atoms with Gasteiger partial charge in [-0.3, -0.25) is 0 Å². The number of fused-ring (bicyclic) bond motifs is 1. The van der Waals surface area contributed by atoms with Crippen LogP contribution in [0.3, 0.4) is 0 Å². The lowest BCUT2D eigenvalue weighted by Crippen LogP contribution is -2.05. The van der Waals surface area contributed by atoms with Crippen LogP contribution in [-0.2, 0) is 6.42 Å². The standard InChI is InChI=1S/C16H17N3OS/c1-20-14-5-3-2-4-11(14)8-9-18-16-19-13-7-6-12(17)10-15(13)21-16/h2-7,10H,8-9,17H2,1H3,(H,18,19). The number of ether oxygens (including phenoxy) is 1. The number of para-hydroxylation sites is 1. The quantitative estimate of drug-likeness (QED) is 0.707. The van der Waals surface area contributed by atoms with Crippen molar-refractivity contribution in [2.75, 3.05) is 24.7 Å². The molecule has 0 saturated carbocycles. The number of hydrogen-bond acceptors (Lipinski definition) is 5. The molecule has 0 saturated heterocycles. The Hall–Kier alpha value is -2.27. The molecule has 1 heterocycles. The molecule has 0 unspecified atom stereocenters. The Balaban J connectivity index is 1.66. The van der Waals surface area contributed by atoms with E-state index in [4.69, 9.17) is 10.5 Å². The number of aromatic nitrogens is 1. The smallest absolute Gasteiger partial charge is 0.183 e. The number of nitrogens with one attached hydrogen (secondary N) is 1. The van der Waals surface area contributed by atoms with E-state index in [1.54, 1.807) is 18.4 Å². The first kappa shape index (κ1) is 13.7. The molecular formula is C16H17N3OS. The molecule has 4 nitrogen and oxygen atoms in total. The van der Waals surface area contributed by atoms with Gasteiger partial charge in [0, 0.05) is 12.2 Å². The molecule has 3 aromatic rings. The Bertz CT molecular complexity index is 754.